The number of nitrogens with zero attached hydrogens (tertiary/aromatic N) is 3. The maximum Gasteiger partial charge on any atom is 0.240 e. The summed E-state index contributed by atoms with van der Waals surface area (Å²) in [4.78, 5) is 22.2. The van der Waals surface area contributed by atoms with E-state index < -0.39 is 16.9 Å². The number of carbonyl (C=O) groups is 1. The summed E-state index contributed by atoms with van der Waals surface area (Å²) in [6, 6.07) is 2.62. The van der Waals surface area contributed by atoms with Crippen molar-refractivity contribution in [1.82, 2.24) is 9.80 Å². The predicted octanol–water partition coefficient (Wildman–Crippen LogP) is 5.63. The van der Waals surface area contributed by atoms with Crippen molar-refractivity contribution in [2.45, 2.75) is 70.6 Å². The lowest BCUT2D eigenvalue weighted by Crippen LogP contribution is -2.40. The molecule has 3 rings (SSSR count). The van der Waals surface area contributed by atoms with Crippen molar-refractivity contribution in [3.63, 3.8) is 0 Å². The Kier molecular flexibility index (Phi) is 9.95. The monoisotopic (exact) mass is 493 g/mol. The van der Waals surface area contributed by atoms with Gasteiger partial charge < -0.3 is 14.5 Å². The van der Waals surface area contributed by atoms with Gasteiger partial charge in [-0.15, -0.1) is 0 Å². The number of allylic oxidation sites excluding steroid dienone is 1. The molecular weight excluding hydrogens is 456 g/mol. The van der Waals surface area contributed by atoms with E-state index in [4.69, 9.17) is 4.74 Å². The van der Waals surface area contributed by atoms with Gasteiger partial charge in [-0.3, -0.25) is 4.79 Å². The van der Waals surface area contributed by atoms with Crippen LogP contribution in [0.3, 0.4) is 0 Å². The number of rotatable bonds is 9. The highest BCUT2D eigenvalue weighted by molar-refractivity contribution is 8.15. The second-order valence-electron chi connectivity index (χ2n) is 9.09. The molecule has 34 heavy (non-hydrogen) atoms. The van der Waals surface area contributed by atoms with Crippen LogP contribution in [-0.2, 0) is 4.79 Å². The van der Waals surface area contributed by atoms with E-state index in [1.165, 1.54) is 57.6 Å². The SMILES string of the molecule is CCN(CCCC(C)N1CCCCCC1)C(=O)C1C=C(C)N=C(c2cc(F)c(OC)cc2F)S1. The molecule has 0 bridgehead atoms. The van der Waals surface area contributed by atoms with Crippen LogP contribution in [-0.4, -0.2) is 65.3 Å². The summed E-state index contributed by atoms with van der Waals surface area (Å²) in [5, 5.41) is -0.205. The Hall–Kier alpha value is -1.93. The second kappa shape index (κ2) is 12.7. The molecule has 0 aromatic heterocycles. The molecule has 2 unspecified atom stereocenters. The normalized spacial score (nSPS) is 20.2. The van der Waals surface area contributed by atoms with Crippen molar-refractivity contribution < 1.29 is 18.3 Å². The summed E-state index contributed by atoms with van der Waals surface area (Å²) < 4.78 is 33.7. The number of ether oxygens (including phenoxy) is 1. The van der Waals surface area contributed by atoms with Crippen LogP contribution in [0.25, 0.3) is 0 Å². The average Bonchev–Trinajstić information content (AvgIpc) is 3.12. The van der Waals surface area contributed by atoms with Gasteiger partial charge in [-0.2, -0.15) is 0 Å². The van der Waals surface area contributed by atoms with Crippen molar-refractivity contribution in [1.29, 1.82) is 0 Å². The lowest BCUT2D eigenvalue weighted by Gasteiger charge is -2.30. The number of likely N-dealkylation sites (tertiary alicyclic amines) is 1. The van der Waals surface area contributed by atoms with E-state index in [2.05, 4.69) is 16.8 Å². The van der Waals surface area contributed by atoms with Crippen LogP contribution in [0.1, 0.15) is 64.9 Å². The van der Waals surface area contributed by atoms with Crippen LogP contribution in [0.4, 0.5) is 8.78 Å². The minimum Gasteiger partial charge on any atom is -0.494 e. The molecule has 188 valence electrons. The van der Waals surface area contributed by atoms with E-state index in [9.17, 15) is 13.6 Å². The fourth-order valence-electron chi connectivity index (χ4n) is 4.59. The van der Waals surface area contributed by atoms with E-state index in [1.54, 1.807) is 13.0 Å². The van der Waals surface area contributed by atoms with E-state index >= 15 is 0 Å². The van der Waals surface area contributed by atoms with Crippen LogP contribution < -0.4 is 4.74 Å². The maximum absolute atomic E-state index is 14.6. The Morgan fingerprint density at radius 2 is 1.94 bits per heavy atom. The van der Waals surface area contributed by atoms with Gasteiger partial charge in [0.05, 0.1) is 7.11 Å². The highest BCUT2D eigenvalue weighted by atomic mass is 32.2. The second-order valence-corrected chi connectivity index (χ2v) is 10.2. The highest BCUT2D eigenvalue weighted by Gasteiger charge is 2.29. The zero-order chi connectivity index (χ0) is 24.7. The van der Waals surface area contributed by atoms with Gasteiger partial charge in [0, 0.05) is 36.5 Å². The van der Waals surface area contributed by atoms with Crippen LogP contribution in [0.5, 0.6) is 5.75 Å². The zero-order valence-electron chi connectivity index (χ0n) is 20.8. The largest absolute Gasteiger partial charge is 0.494 e. The number of amides is 1. The molecule has 5 nitrogen and oxygen atoms in total. The van der Waals surface area contributed by atoms with Crippen molar-refractivity contribution >= 4 is 22.7 Å². The van der Waals surface area contributed by atoms with Gasteiger partial charge in [0.1, 0.15) is 16.1 Å². The molecule has 2 heterocycles. The first kappa shape index (κ1) is 26.7. The number of carbonyl (C=O) groups excluding carboxylic acids is 1. The number of thioether (sulfide) groups is 1. The quantitative estimate of drug-likeness (QED) is 0.447. The first-order chi connectivity index (χ1) is 16.3. The molecule has 2 aliphatic heterocycles. The van der Waals surface area contributed by atoms with Gasteiger partial charge in [-0.05, 0) is 71.7 Å². The van der Waals surface area contributed by atoms with Gasteiger partial charge in [0.15, 0.2) is 11.6 Å². The van der Waals surface area contributed by atoms with E-state index in [0.29, 0.717) is 29.9 Å². The number of hydrogen-bond acceptors (Lipinski definition) is 5. The molecule has 1 aromatic carbocycles. The van der Waals surface area contributed by atoms with Crippen molar-refractivity contribution in [3.05, 3.63) is 41.1 Å². The standard InChI is InChI=1S/C26H37F2N3O2S/c1-5-30(14-10-11-19(3)31-12-8-6-7-9-13-31)26(32)24-15-18(2)29-25(34-24)20-16-22(28)23(33-4)17-21(20)27/h15-17,19,24H,5-14H2,1-4H3. The molecule has 2 aliphatic rings. The van der Waals surface area contributed by atoms with Crippen LogP contribution in [0.2, 0.25) is 0 Å². The molecule has 0 radical (unpaired) electrons. The Morgan fingerprint density at radius 3 is 2.59 bits per heavy atom. The van der Waals surface area contributed by atoms with Crippen molar-refractivity contribution in [2.75, 3.05) is 33.3 Å². The molecule has 1 aromatic rings. The molecule has 1 fully saturated rings. The van der Waals surface area contributed by atoms with Gasteiger partial charge in [0.2, 0.25) is 5.91 Å². The smallest absolute Gasteiger partial charge is 0.240 e. The van der Waals surface area contributed by atoms with Gasteiger partial charge in [-0.25, -0.2) is 13.8 Å². The van der Waals surface area contributed by atoms with E-state index in [-0.39, 0.29) is 17.2 Å². The summed E-state index contributed by atoms with van der Waals surface area (Å²) in [5.74, 6) is -1.46. The highest BCUT2D eigenvalue weighted by Crippen LogP contribution is 2.32. The number of aliphatic imine (C=N–C) groups is 1. The number of benzene rings is 1. The topological polar surface area (TPSA) is 45.1 Å². The lowest BCUT2D eigenvalue weighted by atomic mass is 10.1. The molecule has 0 saturated carbocycles. The number of hydrogen-bond donors (Lipinski definition) is 0. The Labute approximate surface area is 206 Å². The van der Waals surface area contributed by atoms with Gasteiger partial charge in [-0.1, -0.05) is 24.6 Å². The number of halogens is 2. The molecular formula is C26H37F2N3O2S. The van der Waals surface area contributed by atoms with Crippen molar-refractivity contribution in [3.8, 4) is 5.75 Å². The molecule has 1 saturated heterocycles. The van der Waals surface area contributed by atoms with E-state index in [0.717, 1.165) is 25.0 Å². The van der Waals surface area contributed by atoms with Crippen LogP contribution >= 0.6 is 11.8 Å². The van der Waals surface area contributed by atoms with E-state index in [1.807, 2.05) is 11.8 Å². The fourth-order valence-corrected chi connectivity index (χ4v) is 5.83. The Morgan fingerprint density at radius 1 is 1.24 bits per heavy atom. The van der Waals surface area contributed by atoms with Gasteiger partial charge in [0.25, 0.3) is 0 Å². The molecule has 2 atom stereocenters. The van der Waals surface area contributed by atoms with Gasteiger partial charge >= 0.3 is 0 Å². The summed E-state index contributed by atoms with van der Waals surface area (Å²) in [6.45, 7) is 9.69. The average molecular weight is 494 g/mol. The summed E-state index contributed by atoms with van der Waals surface area (Å²) in [7, 11) is 1.29. The zero-order valence-corrected chi connectivity index (χ0v) is 21.6. The molecule has 0 spiro atoms. The summed E-state index contributed by atoms with van der Waals surface area (Å²) in [6.07, 6.45) is 9.00. The minimum absolute atomic E-state index is 0.0175. The Bertz CT molecular complexity index is 914. The predicted molar refractivity (Wildman–Crippen MR) is 136 cm³/mol. The maximum atomic E-state index is 14.6. The first-order valence-electron chi connectivity index (χ1n) is 12.3. The first-order valence-corrected chi connectivity index (χ1v) is 13.2. The molecule has 0 N–H and O–H groups in total. The Balaban J connectivity index is 1.61. The van der Waals surface area contributed by atoms with Crippen LogP contribution in [0, 0.1) is 11.6 Å². The third kappa shape index (κ3) is 6.81. The third-order valence-corrected chi connectivity index (χ3v) is 7.76. The van der Waals surface area contributed by atoms with Crippen molar-refractivity contribution in [2.24, 2.45) is 4.99 Å². The summed E-state index contributed by atoms with van der Waals surface area (Å²) in [5.41, 5.74) is 0.663. The lowest BCUT2D eigenvalue weighted by molar-refractivity contribution is -0.129. The third-order valence-electron chi connectivity index (χ3n) is 6.63. The molecule has 8 heteroatoms. The molecule has 0 aliphatic carbocycles. The van der Waals surface area contributed by atoms with Crippen LogP contribution in [0.15, 0.2) is 28.9 Å². The summed E-state index contributed by atoms with van der Waals surface area (Å²) >= 11 is 1.17. The fraction of sp³-hybridized carbons (Fsp3) is 0.615. The molecule has 1 amide bonds. The number of methoxy groups -OCH3 is 1. The minimum atomic E-state index is -0.661.